The second-order valence-corrected chi connectivity index (χ2v) is 5.08. The van der Waals surface area contributed by atoms with Crippen molar-refractivity contribution < 1.29 is 9.90 Å². The van der Waals surface area contributed by atoms with Crippen molar-refractivity contribution in [3.63, 3.8) is 0 Å². The van der Waals surface area contributed by atoms with Gasteiger partial charge in [-0.05, 0) is 30.9 Å². The first-order chi connectivity index (χ1) is 8.70. The van der Waals surface area contributed by atoms with Crippen molar-refractivity contribution in [3.05, 3.63) is 35.9 Å². The molecule has 0 amide bonds. The number of rotatable bonds is 5. The predicted molar refractivity (Wildman–Crippen MR) is 71.4 cm³/mol. The molecule has 0 aromatic heterocycles. The molecule has 1 aliphatic rings. The van der Waals surface area contributed by atoms with Crippen molar-refractivity contribution in [2.45, 2.75) is 32.2 Å². The highest BCUT2D eigenvalue weighted by atomic mass is 16.4. The Morgan fingerprint density at radius 2 is 2.17 bits per heavy atom. The van der Waals surface area contributed by atoms with Crippen molar-refractivity contribution in [2.75, 3.05) is 13.1 Å². The summed E-state index contributed by atoms with van der Waals surface area (Å²) in [5.74, 6) is -0.352. The van der Waals surface area contributed by atoms with E-state index in [0.717, 1.165) is 25.9 Å². The van der Waals surface area contributed by atoms with E-state index in [4.69, 9.17) is 5.11 Å². The zero-order valence-electron chi connectivity index (χ0n) is 10.9. The van der Waals surface area contributed by atoms with Crippen molar-refractivity contribution in [1.82, 2.24) is 4.90 Å². The first kappa shape index (κ1) is 13.1. The van der Waals surface area contributed by atoms with E-state index in [1.807, 2.05) is 6.07 Å². The molecule has 3 heteroatoms. The quantitative estimate of drug-likeness (QED) is 0.869. The Hall–Kier alpha value is -1.35. The van der Waals surface area contributed by atoms with Gasteiger partial charge in [-0.15, -0.1) is 0 Å². The predicted octanol–water partition coefficient (Wildman–Crippen LogP) is 2.93. The third-order valence-corrected chi connectivity index (χ3v) is 3.79. The Bertz CT molecular complexity index is 391. The average Bonchev–Trinajstić information content (AvgIpc) is 2.79. The van der Waals surface area contributed by atoms with E-state index in [-0.39, 0.29) is 0 Å². The van der Waals surface area contributed by atoms with Crippen molar-refractivity contribution in [3.8, 4) is 0 Å². The summed E-state index contributed by atoms with van der Waals surface area (Å²) >= 11 is 0. The molecule has 1 fully saturated rings. The van der Waals surface area contributed by atoms with Gasteiger partial charge in [-0.3, -0.25) is 9.69 Å². The van der Waals surface area contributed by atoms with Crippen LogP contribution in [0.15, 0.2) is 30.3 Å². The molecule has 1 aromatic carbocycles. The summed E-state index contributed by atoms with van der Waals surface area (Å²) in [5, 5.41) is 8.85. The SMILES string of the molecule is CCC(c1ccccc1)N1CCC(CC(=O)O)C1. The third-order valence-electron chi connectivity index (χ3n) is 3.79. The lowest BCUT2D eigenvalue weighted by atomic mass is 10.0. The van der Waals surface area contributed by atoms with Gasteiger partial charge in [-0.25, -0.2) is 0 Å². The van der Waals surface area contributed by atoms with Gasteiger partial charge >= 0.3 is 5.97 Å². The molecule has 1 saturated heterocycles. The Balaban J connectivity index is 2.00. The number of aliphatic carboxylic acids is 1. The molecule has 2 unspecified atom stereocenters. The third kappa shape index (κ3) is 3.10. The fourth-order valence-electron chi connectivity index (χ4n) is 2.94. The van der Waals surface area contributed by atoms with Crippen LogP contribution in [0.2, 0.25) is 0 Å². The Morgan fingerprint density at radius 3 is 2.78 bits per heavy atom. The van der Waals surface area contributed by atoms with Gasteiger partial charge in [0.05, 0.1) is 0 Å². The van der Waals surface area contributed by atoms with Crippen LogP contribution < -0.4 is 0 Å². The summed E-state index contributed by atoms with van der Waals surface area (Å²) in [6, 6.07) is 10.9. The Labute approximate surface area is 108 Å². The lowest BCUT2D eigenvalue weighted by Crippen LogP contribution is -2.26. The minimum Gasteiger partial charge on any atom is -0.481 e. The maximum absolute atomic E-state index is 10.8. The van der Waals surface area contributed by atoms with Gasteiger partial charge in [0, 0.05) is 19.0 Å². The largest absolute Gasteiger partial charge is 0.481 e. The number of hydrogen-bond acceptors (Lipinski definition) is 2. The molecule has 1 aromatic rings. The van der Waals surface area contributed by atoms with Crippen LogP contribution in [0.5, 0.6) is 0 Å². The zero-order valence-corrected chi connectivity index (χ0v) is 10.9. The van der Waals surface area contributed by atoms with E-state index in [2.05, 4.69) is 36.1 Å². The smallest absolute Gasteiger partial charge is 0.303 e. The van der Waals surface area contributed by atoms with Crippen LogP contribution >= 0.6 is 0 Å². The fourth-order valence-corrected chi connectivity index (χ4v) is 2.94. The molecule has 1 heterocycles. The maximum atomic E-state index is 10.8. The number of carbonyl (C=O) groups is 1. The van der Waals surface area contributed by atoms with E-state index in [1.165, 1.54) is 5.56 Å². The minimum atomic E-state index is -0.672. The van der Waals surface area contributed by atoms with Crippen LogP contribution in [-0.4, -0.2) is 29.1 Å². The molecule has 1 aliphatic heterocycles. The molecule has 2 rings (SSSR count). The second-order valence-electron chi connectivity index (χ2n) is 5.08. The summed E-state index contributed by atoms with van der Waals surface area (Å²) in [6.07, 6.45) is 2.39. The average molecular weight is 247 g/mol. The number of nitrogens with zero attached hydrogens (tertiary/aromatic N) is 1. The monoisotopic (exact) mass is 247 g/mol. The van der Waals surface area contributed by atoms with E-state index < -0.39 is 5.97 Å². The van der Waals surface area contributed by atoms with Gasteiger partial charge in [0.1, 0.15) is 0 Å². The zero-order chi connectivity index (χ0) is 13.0. The molecule has 0 bridgehead atoms. The number of carboxylic acid groups (broad SMARTS) is 1. The molecule has 1 N–H and O–H groups in total. The summed E-state index contributed by atoms with van der Waals surface area (Å²) in [4.78, 5) is 13.2. The molecule has 0 aliphatic carbocycles. The number of hydrogen-bond donors (Lipinski definition) is 1. The molecule has 0 radical (unpaired) electrons. The summed E-state index contributed by atoms with van der Waals surface area (Å²) < 4.78 is 0. The highest BCUT2D eigenvalue weighted by Crippen LogP contribution is 2.31. The second kappa shape index (κ2) is 6.01. The van der Waals surface area contributed by atoms with Crippen LogP contribution in [0.1, 0.15) is 37.8 Å². The maximum Gasteiger partial charge on any atom is 0.303 e. The van der Waals surface area contributed by atoms with Gasteiger partial charge in [0.15, 0.2) is 0 Å². The van der Waals surface area contributed by atoms with E-state index in [0.29, 0.717) is 18.4 Å². The first-order valence-corrected chi connectivity index (χ1v) is 6.71. The number of carboxylic acids is 1. The van der Waals surface area contributed by atoms with E-state index in [9.17, 15) is 4.79 Å². The summed E-state index contributed by atoms with van der Waals surface area (Å²) in [6.45, 7) is 4.13. The van der Waals surface area contributed by atoms with Crippen LogP contribution in [0, 0.1) is 5.92 Å². The van der Waals surface area contributed by atoms with Gasteiger partial charge in [-0.2, -0.15) is 0 Å². The van der Waals surface area contributed by atoms with E-state index in [1.54, 1.807) is 0 Å². The normalized spacial score (nSPS) is 21.9. The van der Waals surface area contributed by atoms with Crippen molar-refractivity contribution in [2.24, 2.45) is 5.92 Å². The number of likely N-dealkylation sites (tertiary alicyclic amines) is 1. The van der Waals surface area contributed by atoms with Gasteiger partial charge < -0.3 is 5.11 Å². The topological polar surface area (TPSA) is 40.5 Å². The van der Waals surface area contributed by atoms with Crippen LogP contribution in [0.25, 0.3) is 0 Å². The Kier molecular flexibility index (Phi) is 4.37. The highest BCUT2D eigenvalue weighted by molar-refractivity contribution is 5.67. The molecule has 98 valence electrons. The summed E-state index contributed by atoms with van der Waals surface area (Å²) in [5.41, 5.74) is 1.34. The van der Waals surface area contributed by atoms with Crippen molar-refractivity contribution in [1.29, 1.82) is 0 Å². The van der Waals surface area contributed by atoms with E-state index >= 15 is 0 Å². The molecular weight excluding hydrogens is 226 g/mol. The molecule has 0 saturated carbocycles. The van der Waals surface area contributed by atoms with Gasteiger partial charge in [0.25, 0.3) is 0 Å². The summed E-state index contributed by atoms with van der Waals surface area (Å²) in [7, 11) is 0. The minimum absolute atomic E-state index is 0.307. The lowest BCUT2D eigenvalue weighted by molar-refractivity contribution is -0.138. The lowest BCUT2D eigenvalue weighted by Gasteiger charge is -2.27. The Morgan fingerprint density at radius 1 is 1.44 bits per heavy atom. The molecule has 2 atom stereocenters. The molecule has 0 spiro atoms. The highest BCUT2D eigenvalue weighted by Gasteiger charge is 2.29. The molecule has 3 nitrogen and oxygen atoms in total. The van der Waals surface area contributed by atoms with Crippen LogP contribution in [0.3, 0.4) is 0 Å². The molecular formula is C15H21NO2. The van der Waals surface area contributed by atoms with Gasteiger partial charge in [-0.1, -0.05) is 37.3 Å². The fraction of sp³-hybridized carbons (Fsp3) is 0.533. The number of benzene rings is 1. The van der Waals surface area contributed by atoms with Crippen LogP contribution in [0.4, 0.5) is 0 Å². The standard InChI is InChI=1S/C15H21NO2/c1-2-14(13-6-4-3-5-7-13)16-9-8-12(11-16)10-15(17)18/h3-7,12,14H,2,8-11H2,1H3,(H,17,18). The van der Waals surface area contributed by atoms with Crippen molar-refractivity contribution >= 4 is 5.97 Å². The van der Waals surface area contributed by atoms with Gasteiger partial charge in [0.2, 0.25) is 0 Å². The first-order valence-electron chi connectivity index (χ1n) is 6.71. The van der Waals surface area contributed by atoms with Crippen LogP contribution in [-0.2, 0) is 4.79 Å². The molecule has 18 heavy (non-hydrogen) atoms.